The molecule has 1 aromatic rings. The maximum absolute atomic E-state index is 5.93. The van der Waals surface area contributed by atoms with Crippen molar-refractivity contribution in [2.75, 3.05) is 12.3 Å². The fraction of sp³-hybridized carbons (Fsp3) is 0.571. The molecule has 94 valence electrons. The first kappa shape index (κ1) is 12.7. The third-order valence-electron chi connectivity index (χ3n) is 3.44. The molecule has 0 heterocycles. The van der Waals surface area contributed by atoms with Crippen LogP contribution in [0.2, 0.25) is 5.02 Å². The zero-order valence-corrected chi connectivity index (χ0v) is 10.9. The lowest BCUT2D eigenvalue weighted by atomic mass is 9.90. The molecule has 0 amide bonds. The first-order valence-electron chi connectivity index (χ1n) is 6.37. The van der Waals surface area contributed by atoms with Crippen molar-refractivity contribution in [2.45, 2.75) is 38.7 Å². The molecule has 1 aromatic carbocycles. The predicted octanol–water partition coefficient (Wildman–Crippen LogP) is 4.02. The van der Waals surface area contributed by atoms with Crippen LogP contribution in [-0.2, 0) is 11.3 Å². The Kier molecular flexibility index (Phi) is 4.69. The molecule has 1 saturated carbocycles. The van der Waals surface area contributed by atoms with E-state index in [-0.39, 0.29) is 0 Å². The summed E-state index contributed by atoms with van der Waals surface area (Å²) in [6, 6.07) is 5.53. The number of halogens is 1. The van der Waals surface area contributed by atoms with Crippen LogP contribution in [0.3, 0.4) is 0 Å². The minimum atomic E-state index is 0.572. The lowest BCUT2D eigenvalue weighted by molar-refractivity contribution is 0.0742. The molecular weight excluding hydrogens is 234 g/mol. The van der Waals surface area contributed by atoms with Gasteiger partial charge in [0.1, 0.15) is 0 Å². The fourth-order valence-corrected chi connectivity index (χ4v) is 2.58. The lowest BCUT2D eigenvalue weighted by Crippen LogP contribution is -2.13. The van der Waals surface area contributed by atoms with E-state index in [9.17, 15) is 0 Å². The van der Waals surface area contributed by atoms with Gasteiger partial charge in [0.05, 0.1) is 6.61 Å². The van der Waals surface area contributed by atoms with Crippen LogP contribution in [0.4, 0.5) is 5.69 Å². The Morgan fingerprint density at radius 1 is 1.24 bits per heavy atom. The largest absolute Gasteiger partial charge is 0.398 e. The van der Waals surface area contributed by atoms with E-state index < -0.39 is 0 Å². The van der Waals surface area contributed by atoms with Gasteiger partial charge in [-0.3, -0.25) is 0 Å². The molecule has 17 heavy (non-hydrogen) atoms. The van der Waals surface area contributed by atoms with Crippen molar-refractivity contribution in [3.05, 3.63) is 28.8 Å². The molecule has 0 bridgehead atoms. The summed E-state index contributed by atoms with van der Waals surface area (Å²) in [6.07, 6.45) is 6.72. The second-order valence-corrected chi connectivity index (χ2v) is 5.30. The number of nitrogens with two attached hydrogens (primary N) is 1. The molecule has 0 unspecified atom stereocenters. The average molecular weight is 254 g/mol. The van der Waals surface area contributed by atoms with E-state index in [4.69, 9.17) is 22.1 Å². The van der Waals surface area contributed by atoms with E-state index in [1.807, 2.05) is 18.2 Å². The smallest absolute Gasteiger partial charge is 0.0737 e. The Morgan fingerprint density at radius 3 is 2.76 bits per heavy atom. The summed E-state index contributed by atoms with van der Waals surface area (Å²) in [7, 11) is 0. The van der Waals surface area contributed by atoms with Crippen LogP contribution >= 0.6 is 11.6 Å². The number of hydrogen-bond acceptors (Lipinski definition) is 2. The van der Waals surface area contributed by atoms with Gasteiger partial charge in [0.15, 0.2) is 0 Å². The van der Waals surface area contributed by atoms with Crippen molar-refractivity contribution in [1.29, 1.82) is 0 Å². The Hall–Kier alpha value is -0.730. The van der Waals surface area contributed by atoms with Gasteiger partial charge in [0.2, 0.25) is 0 Å². The van der Waals surface area contributed by atoms with Crippen molar-refractivity contribution in [3.8, 4) is 0 Å². The third kappa shape index (κ3) is 3.90. The van der Waals surface area contributed by atoms with Gasteiger partial charge >= 0.3 is 0 Å². The Balaban J connectivity index is 1.79. The van der Waals surface area contributed by atoms with Gasteiger partial charge in [-0.05, 0) is 37.0 Å². The second kappa shape index (κ2) is 6.27. The summed E-state index contributed by atoms with van der Waals surface area (Å²) < 4.78 is 5.76. The quantitative estimate of drug-likeness (QED) is 0.823. The van der Waals surface area contributed by atoms with Gasteiger partial charge in [-0.2, -0.15) is 0 Å². The van der Waals surface area contributed by atoms with Crippen molar-refractivity contribution < 1.29 is 4.74 Å². The third-order valence-corrected chi connectivity index (χ3v) is 3.68. The average Bonchev–Trinajstić information content (AvgIpc) is 2.35. The standard InChI is InChI=1S/C14H20ClNO/c15-13-6-7-14(16)12(8-13)10-17-9-11-4-2-1-3-5-11/h6-8,11H,1-5,9-10,16H2. The maximum Gasteiger partial charge on any atom is 0.0737 e. The molecule has 2 nitrogen and oxygen atoms in total. The molecular formula is C14H20ClNO. The minimum absolute atomic E-state index is 0.572. The summed E-state index contributed by atoms with van der Waals surface area (Å²) in [4.78, 5) is 0. The number of benzene rings is 1. The molecule has 1 fully saturated rings. The topological polar surface area (TPSA) is 35.2 Å². The maximum atomic E-state index is 5.93. The summed E-state index contributed by atoms with van der Waals surface area (Å²) in [6.45, 7) is 1.43. The molecule has 0 saturated heterocycles. The zero-order chi connectivity index (χ0) is 12.1. The fourth-order valence-electron chi connectivity index (χ4n) is 2.39. The Morgan fingerprint density at radius 2 is 2.00 bits per heavy atom. The van der Waals surface area contributed by atoms with Gasteiger partial charge in [-0.1, -0.05) is 30.9 Å². The predicted molar refractivity (Wildman–Crippen MR) is 72.1 cm³/mol. The first-order chi connectivity index (χ1) is 8.25. The molecule has 0 spiro atoms. The Labute approximate surface area is 108 Å². The van der Waals surface area contributed by atoms with E-state index >= 15 is 0 Å². The van der Waals surface area contributed by atoms with Crippen molar-refractivity contribution in [1.82, 2.24) is 0 Å². The molecule has 2 rings (SSSR count). The first-order valence-corrected chi connectivity index (χ1v) is 6.75. The van der Waals surface area contributed by atoms with Crippen LogP contribution in [0.25, 0.3) is 0 Å². The normalized spacial score (nSPS) is 17.2. The van der Waals surface area contributed by atoms with Gasteiger partial charge in [0.25, 0.3) is 0 Å². The Bertz CT molecular complexity index is 361. The summed E-state index contributed by atoms with van der Waals surface area (Å²) in [5.41, 5.74) is 7.63. The number of hydrogen-bond donors (Lipinski definition) is 1. The summed E-state index contributed by atoms with van der Waals surface area (Å²) in [5, 5.41) is 0.718. The van der Waals surface area contributed by atoms with Crippen LogP contribution in [0.1, 0.15) is 37.7 Å². The summed E-state index contributed by atoms with van der Waals surface area (Å²) >= 11 is 5.93. The number of nitrogen functional groups attached to an aromatic ring is 1. The van der Waals surface area contributed by atoms with Gasteiger partial charge < -0.3 is 10.5 Å². The second-order valence-electron chi connectivity index (χ2n) is 4.86. The molecule has 0 radical (unpaired) electrons. The number of ether oxygens (including phenoxy) is 1. The van der Waals surface area contributed by atoms with Crippen LogP contribution in [-0.4, -0.2) is 6.61 Å². The van der Waals surface area contributed by atoms with Crippen LogP contribution in [0.15, 0.2) is 18.2 Å². The monoisotopic (exact) mass is 253 g/mol. The van der Waals surface area contributed by atoms with E-state index in [2.05, 4.69) is 0 Å². The lowest BCUT2D eigenvalue weighted by Gasteiger charge is -2.21. The van der Waals surface area contributed by atoms with Crippen LogP contribution in [0, 0.1) is 5.92 Å². The summed E-state index contributed by atoms with van der Waals surface area (Å²) in [5.74, 6) is 0.740. The number of anilines is 1. The van der Waals surface area contributed by atoms with E-state index in [1.54, 1.807) is 0 Å². The van der Waals surface area contributed by atoms with Crippen molar-refractivity contribution in [3.63, 3.8) is 0 Å². The molecule has 1 aliphatic rings. The molecule has 2 N–H and O–H groups in total. The van der Waals surface area contributed by atoms with E-state index in [0.29, 0.717) is 6.61 Å². The van der Waals surface area contributed by atoms with Gasteiger partial charge in [-0.25, -0.2) is 0 Å². The highest BCUT2D eigenvalue weighted by molar-refractivity contribution is 6.30. The van der Waals surface area contributed by atoms with Crippen molar-refractivity contribution >= 4 is 17.3 Å². The highest BCUT2D eigenvalue weighted by Gasteiger charge is 2.13. The molecule has 0 aliphatic heterocycles. The van der Waals surface area contributed by atoms with Gasteiger partial charge in [0, 0.05) is 22.9 Å². The SMILES string of the molecule is Nc1ccc(Cl)cc1COCC1CCCCC1. The molecule has 0 atom stereocenters. The number of rotatable bonds is 4. The molecule has 3 heteroatoms. The van der Waals surface area contributed by atoms with Crippen LogP contribution in [0.5, 0.6) is 0 Å². The van der Waals surface area contributed by atoms with E-state index in [1.165, 1.54) is 32.1 Å². The highest BCUT2D eigenvalue weighted by atomic mass is 35.5. The molecule has 0 aromatic heterocycles. The van der Waals surface area contributed by atoms with E-state index in [0.717, 1.165) is 28.8 Å². The van der Waals surface area contributed by atoms with Gasteiger partial charge in [-0.15, -0.1) is 0 Å². The highest BCUT2D eigenvalue weighted by Crippen LogP contribution is 2.24. The minimum Gasteiger partial charge on any atom is -0.398 e. The zero-order valence-electron chi connectivity index (χ0n) is 10.1. The van der Waals surface area contributed by atoms with Crippen molar-refractivity contribution in [2.24, 2.45) is 5.92 Å². The van der Waals surface area contributed by atoms with Crippen LogP contribution < -0.4 is 5.73 Å². The molecule has 1 aliphatic carbocycles.